The number of aromatic amines is 1. The van der Waals surface area contributed by atoms with Crippen molar-refractivity contribution in [1.29, 1.82) is 0 Å². The molecule has 1 saturated heterocycles. The van der Waals surface area contributed by atoms with Crippen LogP contribution in [-0.4, -0.2) is 37.9 Å². The largest absolute Gasteiger partial charge is 0.368 e. The predicted molar refractivity (Wildman–Crippen MR) is 63.4 cm³/mol. The smallest absolute Gasteiger partial charge is 0.191 e. The number of hydrogen-bond acceptors (Lipinski definition) is 5. The molecule has 6 nitrogen and oxygen atoms in total. The van der Waals surface area contributed by atoms with Crippen molar-refractivity contribution in [2.24, 2.45) is 0 Å². The average molecular weight is 239 g/mol. The van der Waals surface area contributed by atoms with Gasteiger partial charge in [-0.25, -0.2) is 0 Å². The zero-order valence-corrected chi connectivity index (χ0v) is 11.1. The van der Waals surface area contributed by atoms with Gasteiger partial charge in [-0.05, 0) is 41.0 Å². The summed E-state index contributed by atoms with van der Waals surface area (Å²) in [5.41, 5.74) is -0.264. The molecule has 0 bridgehead atoms. The van der Waals surface area contributed by atoms with E-state index in [-0.39, 0.29) is 23.3 Å². The standard InChI is InChI=1S/C11H21N5O/c1-7(9-13-15-16-14-9)12-8-6-10(2,3)17-11(8,4)5/h7-8,12H,6H2,1-5H3,(H,13,14,15,16). The van der Waals surface area contributed by atoms with Gasteiger partial charge in [-0.2, -0.15) is 5.21 Å². The highest BCUT2D eigenvalue weighted by Crippen LogP contribution is 2.37. The fraction of sp³-hybridized carbons (Fsp3) is 0.909. The van der Waals surface area contributed by atoms with Crippen LogP contribution in [0.1, 0.15) is 52.9 Å². The van der Waals surface area contributed by atoms with E-state index in [2.05, 4.69) is 53.6 Å². The lowest BCUT2D eigenvalue weighted by atomic mass is 9.94. The molecule has 2 unspecified atom stereocenters. The summed E-state index contributed by atoms with van der Waals surface area (Å²) in [5.74, 6) is 0.686. The molecule has 0 radical (unpaired) electrons. The quantitative estimate of drug-likeness (QED) is 0.828. The average Bonchev–Trinajstić information content (AvgIpc) is 2.72. The van der Waals surface area contributed by atoms with Gasteiger partial charge in [0.2, 0.25) is 0 Å². The van der Waals surface area contributed by atoms with E-state index in [1.54, 1.807) is 0 Å². The molecule has 1 aromatic heterocycles. The van der Waals surface area contributed by atoms with Crippen LogP contribution < -0.4 is 5.32 Å². The van der Waals surface area contributed by atoms with Crippen LogP contribution in [-0.2, 0) is 4.74 Å². The van der Waals surface area contributed by atoms with Crippen LogP contribution in [0.4, 0.5) is 0 Å². The number of aromatic nitrogens is 4. The van der Waals surface area contributed by atoms with Crippen LogP contribution in [0, 0.1) is 0 Å². The number of tetrazole rings is 1. The van der Waals surface area contributed by atoms with Crippen LogP contribution in [0.2, 0.25) is 0 Å². The number of nitrogens with zero attached hydrogens (tertiary/aromatic N) is 3. The van der Waals surface area contributed by atoms with Gasteiger partial charge in [0.15, 0.2) is 5.82 Å². The van der Waals surface area contributed by atoms with Crippen molar-refractivity contribution >= 4 is 0 Å². The molecule has 2 atom stereocenters. The summed E-state index contributed by atoms with van der Waals surface area (Å²) in [6, 6.07) is 0.349. The number of nitrogens with one attached hydrogen (secondary N) is 2. The maximum absolute atomic E-state index is 6.04. The summed E-state index contributed by atoms with van der Waals surface area (Å²) >= 11 is 0. The normalized spacial score (nSPS) is 28.2. The Labute approximate surface area is 102 Å². The first-order valence-corrected chi connectivity index (χ1v) is 6.00. The van der Waals surface area contributed by atoms with Gasteiger partial charge in [-0.3, -0.25) is 0 Å². The fourth-order valence-electron chi connectivity index (χ4n) is 2.55. The number of ether oxygens (including phenoxy) is 1. The molecular formula is C11H21N5O. The van der Waals surface area contributed by atoms with Gasteiger partial charge in [0.25, 0.3) is 0 Å². The summed E-state index contributed by atoms with van der Waals surface area (Å²) in [7, 11) is 0. The summed E-state index contributed by atoms with van der Waals surface area (Å²) in [6.07, 6.45) is 0.974. The van der Waals surface area contributed by atoms with Crippen LogP contribution in [0.3, 0.4) is 0 Å². The van der Waals surface area contributed by atoms with Crippen LogP contribution >= 0.6 is 0 Å². The van der Waals surface area contributed by atoms with E-state index in [0.717, 1.165) is 6.42 Å². The summed E-state index contributed by atoms with van der Waals surface area (Å²) in [5, 5.41) is 17.5. The molecule has 0 spiro atoms. The van der Waals surface area contributed by atoms with Gasteiger partial charge in [0.1, 0.15) is 0 Å². The Morgan fingerprint density at radius 2 is 2.12 bits per heavy atom. The molecule has 2 rings (SSSR count). The maximum Gasteiger partial charge on any atom is 0.191 e. The van der Waals surface area contributed by atoms with E-state index >= 15 is 0 Å². The molecular weight excluding hydrogens is 218 g/mol. The van der Waals surface area contributed by atoms with Crippen molar-refractivity contribution in [3.05, 3.63) is 5.82 Å². The monoisotopic (exact) mass is 239 g/mol. The minimum Gasteiger partial charge on any atom is -0.368 e. The Balaban J connectivity index is 2.04. The van der Waals surface area contributed by atoms with E-state index in [1.807, 2.05) is 6.92 Å². The van der Waals surface area contributed by atoms with E-state index < -0.39 is 0 Å². The minimum absolute atomic E-state index is 0.0653. The SMILES string of the molecule is CC(NC1CC(C)(C)OC1(C)C)c1nn[nH]n1. The Morgan fingerprint density at radius 1 is 1.41 bits per heavy atom. The summed E-state index contributed by atoms with van der Waals surface area (Å²) in [4.78, 5) is 0. The zero-order valence-electron chi connectivity index (χ0n) is 11.1. The number of rotatable bonds is 3. The third-order valence-corrected chi connectivity index (χ3v) is 3.27. The van der Waals surface area contributed by atoms with Crippen molar-refractivity contribution in [2.75, 3.05) is 0 Å². The Kier molecular flexibility index (Phi) is 2.95. The molecule has 0 aliphatic carbocycles. The number of hydrogen-bond donors (Lipinski definition) is 2. The highest BCUT2D eigenvalue weighted by molar-refractivity contribution is 5.01. The van der Waals surface area contributed by atoms with Gasteiger partial charge in [-0.15, -0.1) is 10.2 Å². The van der Waals surface area contributed by atoms with Gasteiger partial charge < -0.3 is 10.1 Å². The van der Waals surface area contributed by atoms with Crippen molar-refractivity contribution in [3.63, 3.8) is 0 Å². The minimum atomic E-state index is -0.179. The maximum atomic E-state index is 6.04. The molecule has 1 aromatic rings. The van der Waals surface area contributed by atoms with Crippen LogP contribution in [0.15, 0.2) is 0 Å². The molecule has 1 aliphatic heterocycles. The van der Waals surface area contributed by atoms with E-state index in [1.165, 1.54) is 0 Å². The first kappa shape index (κ1) is 12.4. The molecule has 0 saturated carbocycles. The van der Waals surface area contributed by atoms with Crippen LogP contribution in [0.5, 0.6) is 0 Å². The highest BCUT2D eigenvalue weighted by atomic mass is 16.5. The van der Waals surface area contributed by atoms with E-state index in [9.17, 15) is 0 Å². The molecule has 2 N–H and O–H groups in total. The lowest BCUT2D eigenvalue weighted by Gasteiger charge is -2.29. The Hall–Kier alpha value is -1.01. The van der Waals surface area contributed by atoms with Gasteiger partial charge >= 0.3 is 0 Å². The third kappa shape index (κ3) is 2.63. The molecule has 1 fully saturated rings. The van der Waals surface area contributed by atoms with Crippen molar-refractivity contribution in [1.82, 2.24) is 25.9 Å². The Morgan fingerprint density at radius 3 is 2.59 bits per heavy atom. The molecule has 6 heteroatoms. The van der Waals surface area contributed by atoms with Crippen molar-refractivity contribution in [3.8, 4) is 0 Å². The summed E-state index contributed by atoms with van der Waals surface area (Å²) in [6.45, 7) is 10.5. The molecule has 96 valence electrons. The zero-order chi connectivity index (χ0) is 12.7. The summed E-state index contributed by atoms with van der Waals surface area (Å²) < 4.78 is 6.04. The first-order chi connectivity index (χ1) is 7.80. The van der Waals surface area contributed by atoms with Gasteiger partial charge in [-0.1, -0.05) is 5.21 Å². The third-order valence-electron chi connectivity index (χ3n) is 3.27. The molecule has 2 heterocycles. The molecule has 17 heavy (non-hydrogen) atoms. The second kappa shape index (κ2) is 4.03. The van der Waals surface area contributed by atoms with E-state index in [4.69, 9.17) is 4.74 Å². The van der Waals surface area contributed by atoms with E-state index in [0.29, 0.717) is 5.82 Å². The lowest BCUT2D eigenvalue weighted by molar-refractivity contribution is -0.0704. The molecule has 1 aliphatic rings. The van der Waals surface area contributed by atoms with Gasteiger partial charge in [0, 0.05) is 6.04 Å². The Bertz CT molecular complexity index is 373. The molecule has 0 amide bonds. The number of H-pyrrole nitrogens is 1. The second-order valence-electron chi connectivity index (χ2n) is 5.88. The van der Waals surface area contributed by atoms with Gasteiger partial charge in [0.05, 0.1) is 17.2 Å². The predicted octanol–water partition coefficient (Wildman–Crippen LogP) is 1.20. The topological polar surface area (TPSA) is 75.7 Å². The van der Waals surface area contributed by atoms with Crippen molar-refractivity contribution < 1.29 is 4.74 Å². The fourth-order valence-corrected chi connectivity index (χ4v) is 2.55. The lowest BCUT2D eigenvalue weighted by Crippen LogP contribution is -2.44. The molecule has 0 aromatic carbocycles. The first-order valence-electron chi connectivity index (χ1n) is 6.00. The van der Waals surface area contributed by atoms with Crippen molar-refractivity contribution in [2.45, 2.75) is 64.3 Å². The highest BCUT2D eigenvalue weighted by Gasteiger charge is 2.46. The van der Waals surface area contributed by atoms with Crippen LogP contribution in [0.25, 0.3) is 0 Å². The second-order valence-corrected chi connectivity index (χ2v) is 5.88.